The molecular weight excluding hydrogens is 220 g/mol. The Labute approximate surface area is 99.3 Å². The molecule has 0 aromatic carbocycles. The monoisotopic (exact) mass is 236 g/mol. The summed E-state index contributed by atoms with van der Waals surface area (Å²) in [6, 6.07) is 3.92. The van der Waals surface area contributed by atoms with Gasteiger partial charge in [0, 0.05) is 17.5 Å². The molecule has 0 aliphatic heterocycles. The summed E-state index contributed by atoms with van der Waals surface area (Å²) < 4.78 is 1.99. The lowest BCUT2D eigenvalue weighted by molar-refractivity contribution is 0.715. The summed E-state index contributed by atoms with van der Waals surface area (Å²) in [5.74, 6) is 0.550. The van der Waals surface area contributed by atoms with Crippen molar-refractivity contribution in [2.75, 3.05) is 12.0 Å². The molecule has 2 heterocycles. The molecule has 0 spiro atoms. The van der Waals surface area contributed by atoms with Gasteiger partial charge in [-0.3, -0.25) is 4.57 Å². The summed E-state index contributed by atoms with van der Waals surface area (Å²) in [6.07, 6.45) is 2.10. The maximum atomic E-state index is 5.91. The van der Waals surface area contributed by atoms with Gasteiger partial charge in [0.25, 0.3) is 0 Å². The summed E-state index contributed by atoms with van der Waals surface area (Å²) in [4.78, 5) is 8.81. The van der Waals surface area contributed by atoms with Crippen molar-refractivity contribution in [1.82, 2.24) is 14.5 Å². The average Bonchev–Trinajstić information content (AvgIpc) is 2.55. The first-order chi connectivity index (χ1) is 7.61. The van der Waals surface area contributed by atoms with Gasteiger partial charge in [-0.25, -0.2) is 9.97 Å². The molecule has 0 aliphatic carbocycles. The zero-order valence-electron chi connectivity index (χ0n) is 9.77. The van der Waals surface area contributed by atoms with Crippen molar-refractivity contribution in [3.05, 3.63) is 17.8 Å². The van der Waals surface area contributed by atoms with E-state index in [0.717, 1.165) is 23.4 Å². The van der Waals surface area contributed by atoms with E-state index in [4.69, 9.17) is 5.73 Å². The largest absolute Gasteiger partial charge is 0.369 e. The maximum Gasteiger partial charge on any atom is 0.202 e. The van der Waals surface area contributed by atoms with E-state index in [1.165, 1.54) is 0 Å². The number of imidazole rings is 1. The number of rotatable bonds is 3. The first-order valence-electron chi connectivity index (χ1n) is 5.24. The maximum absolute atomic E-state index is 5.91. The van der Waals surface area contributed by atoms with Crippen LogP contribution in [-0.4, -0.2) is 26.0 Å². The molecule has 2 N–H and O–H groups in total. The van der Waals surface area contributed by atoms with Gasteiger partial charge >= 0.3 is 0 Å². The highest BCUT2D eigenvalue weighted by Gasteiger charge is 2.11. The van der Waals surface area contributed by atoms with Gasteiger partial charge < -0.3 is 5.73 Å². The van der Waals surface area contributed by atoms with Crippen LogP contribution < -0.4 is 5.73 Å². The Morgan fingerprint density at radius 1 is 1.44 bits per heavy atom. The topological polar surface area (TPSA) is 56.7 Å². The number of fused-ring (bicyclic) bond motifs is 1. The summed E-state index contributed by atoms with van der Waals surface area (Å²) >= 11 is 1.81. The summed E-state index contributed by atoms with van der Waals surface area (Å²) in [5, 5.41) is 0.502. The van der Waals surface area contributed by atoms with Crippen LogP contribution in [0.5, 0.6) is 0 Å². The number of anilines is 1. The first-order valence-corrected chi connectivity index (χ1v) is 6.52. The molecule has 2 aromatic rings. The van der Waals surface area contributed by atoms with E-state index in [9.17, 15) is 0 Å². The minimum absolute atomic E-state index is 0.502. The van der Waals surface area contributed by atoms with E-state index in [2.05, 4.69) is 23.1 Å². The molecule has 0 amide bonds. The zero-order chi connectivity index (χ0) is 11.7. The number of nitrogens with two attached hydrogens (primary N) is 1. The van der Waals surface area contributed by atoms with Crippen molar-refractivity contribution in [1.29, 1.82) is 0 Å². The van der Waals surface area contributed by atoms with Crippen LogP contribution in [0.4, 0.5) is 5.95 Å². The minimum Gasteiger partial charge on any atom is -0.369 e. The Morgan fingerprint density at radius 3 is 2.88 bits per heavy atom. The van der Waals surface area contributed by atoms with Gasteiger partial charge in [-0.1, -0.05) is 6.92 Å². The molecule has 0 saturated carbocycles. The number of hydrogen-bond donors (Lipinski definition) is 1. The van der Waals surface area contributed by atoms with E-state index in [-0.39, 0.29) is 0 Å². The fraction of sp³-hybridized carbons (Fsp3) is 0.455. The van der Waals surface area contributed by atoms with E-state index >= 15 is 0 Å². The molecule has 86 valence electrons. The molecule has 4 nitrogen and oxygen atoms in total. The van der Waals surface area contributed by atoms with E-state index < -0.39 is 0 Å². The lowest BCUT2D eigenvalue weighted by atomic mass is 10.3. The third kappa shape index (κ3) is 2.00. The van der Waals surface area contributed by atoms with Crippen molar-refractivity contribution in [2.45, 2.75) is 25.6 Å². The quantitative estimate of drug-likeness (QED) is 0.886. The van der Waals surface area contributed by atoms with E-state index in [1.807, 2.05) is 35.4 Å². The van der Waals surface area contributed by atoms with Gasteiger partial charge in [0.1, 0.15) is 5.52 Å². The van der Waals surface area contributed by atoms with Crippen LogP contribution in [0.1, 0.15) is 12.6 Å². The molecule has 0 fully saturated rings. The predicted molar refractivity (Wildman–Crippen MR) is 69.7 cm³/mol. The van der Waals surface area contributed by atoms with E-state index in [0.29, 0.717) is 11.2 Å². The van der Waals surface area contributed by atoms with Crippen molar-refractivity contribution in [3.63, 3.8) is 0 Å². The lowest BCUT2D eigenvalue weighted by Gasteiger charge is -2.10. The molecule has 1 atom stereocenters. The Balaban J connectivity index is 2.50. The third-order valence-corrected chi connectivity index (χ3v) is 3.56. The Kier molecular flexibility index (Phi) is 3.05. The summed E-state index contributed by atoms with van der Waals surface area (Å²) in [7, 11) is 0. The fourth-order valence-electron chi connectivity index (χ4n) is 1.63. The second-order valence-corrected chi connectivity index (χ2v) is 5.20. The number of aryl methyl sites for hydroxylation is 1. The Morgan fingerprint density at radius 2 is 2.19 bits per heavy atom. The molecule has 2 rings (SSSR count). The minimum atomic E-state index is 0.502. The van der Waals surface area contributed by atoms with Crippen LogP contribution in [0.15, 0.2) is 12.1 Å². The van der Waals surface area contributed by atoms with Gasteiger partial charge in [-0.2, -0.15) is 11.8 Å². The van der Waals surface area contributed by atoms with Crippen LogP contribution in [0.3, 0.4) is 0 Å². The zero-order valence-corrected chi connectivity index (χ0v) is 10.6. The number of aromatic nitrogens is 3. The first kappa shape index (κ1) is 11.3. The number of nitrogen functional groups attached to an aromatic ring is 1. The molecule has 0 saturated heterocycles. The highest BCUT2D eigenvalue weighted by atomic mass is 32.2. The SMILES string of the molecule is CSC(C)Cn1c(N)nc2ccc(C)nc21. The number of nitrogens with zero attached hydrogens (tertiary/aromatic N) is 3. The third-order valence-electron chi connectivity index (χ3n) is 2.60. The van der Waals surface area contributed by atoms with Gasteiger partial charge in [0.15, 0.2) is 5.65 Å². The van der Waals surface area contributed by atoms with Crippen LogP contribution in [0.25, 0.3) is 11.2 Å². The molecular formula is C11H16N4S. The molecule has 0 radical (unpaired) electrons. The summed E-state index contributed by atoms with van der Waals surface area (Å²) in [6.45, 7) is 5.00. The molecule has 1 unspecified atom stereocenters. The molecule has 16 heavy (non-hydrogen) atoms. The second-order valence-electron chi connectivity index (χ2n) is 3.92. The predicted octanol–water partition coefficient (Wildman–Crippen LogP) is 2.07. The number of hydrogen-bond acceptors (Lipinski definition) is 4. The Bertz CT molecular complexity index is 506. The van der Waals surface area contributed by atoms with Crippen LogP contribution in [0, 0.1) is 6.92 Å². The van der Waals surface area contributed by atoms with Crippen molar-refractivity contribution in [3.8, 4) is 0 Å². The normalized spacial score (nSPS) is 13.2. The molecule has 5 heteroatoms. The lowest BCUT2D eigenvalue weighted by Crippen LogP contribution is -2.12. The van der Waals surface area contributed by atoms with Gasteiger partial charge in [-0.05, 0) is 25.3 Å². The van der Waals surface area contributed by atoms with Gasteiger partial charge in [0.2, 0.25) is 5.95 Å². The van der Waals surface area contributed by atoms with Gasteiger partial charge in [-0.15, -0.1) is 0 Å². The van der Waals surface area contributed by atoms with Crippen LogP contribution >= 0.6 is 11.8 Å². The highest BCUT2D eigenvalue weighted by molar-refractivity contribution is 7.99. The van der Waals surface area contributed by atoms with Crippen molar-refractivity contribution < 1.29 is 0 Å². The Hall–Kier alpha value is -1.23. The second kappa shape index (κ2) is 4.33. The van der Waals surface area contributed by atoms with Crippen LogP contribution in [0.2, 0.25) is 0 Å². The number of pyridine rings is 1. The molecule has 0 bridgehead atoms. The summed E-state index contributed by atoms with van der Waals surface area (Å²) in [5.41, 5.74) is 8.66. The van der Waals surface area contributed by atoms with Crippen molar-refractivity contribution >= 4 is 28.9 Å². The number of thioether (sulfide) groups is 1. The molecule has 0 aliphatic rings. The smallest absolute Gasteiger partial charge is 0.202 e. The van der Waals surface area contributed by atoms with Gasteiger partial charge in [0.05, 0.1) is 0 Å². The highest BCUT2D eigenvalue weighted by Crippen LogP contribution is 2.19. The van der Waals surface area contributed by atoms with Crippen molar-refractivity contribution in [2.24, 2.45) is 0 Å². The average molecular weight is 236 g/mol. The fourth-order valence-corrected chi connectivity index (χ4v) is 1.92. The standard InChI is InChI=1S/C11H16N4S/c1-7-4-5-9-10(13-7)15(11(12)14-9)6-8(2)16-3/h4-5,8H,6H2,1-3H3,(H2,12,14). The van der Waals surface area contributed by atoms with E-state index in [1.54, 1.807) is 0 Å². The molecule has 2 aromatic heterocycles. The van der Waals surface area contributed by atoms with Crippen LogP contribution in [-0.2, 0) is 6.54 Å².